The van der Waals surface area contributed by atoms with Gasteiger partial charge in [0.1, 0.15) is 12.1 Å². The quantitative estimate of drug-likeness (QED) is 0.704. The van der Waals surface area contributed by atoms with E-state index in [0.29, 0.717) is 24.4 Å². The molecule has 1 atom stereocenters. The highest BCUT2D eigenvalue weighted by Crippen LogP contribution is 2.23. The third-order valence-corrected chi connectivity index (χ3v) is 5.26. The van der Waals surface area contributed by atoms with Gasteiger partial charge in [0.15, 0.2) is 0 Å². The number of carbonyl (C=O) groups is 3. The molecule has 4 amide bonds. The van der Waals surface area contributed by atoms with Gasteiger partial charge in [-0.2, -0.15) is 0 Å². The number of urea groups is 1. The van der Waals surface area contributed by atoms with Crippen LogP contribution in [0.3, 0.4) is 0 Å². The van der Waals surface area contributed by atoms with Gasteiger partial charge >= 0.3 is 6.03 Å². The molecule has 3 rings (SSSR count). The molecule has 0 bridgehead atoms. The number of amides is 4. The molecule has 1 aliphatic rings. The third kappa shape index (κ3) is 4.83. The van der Waals surface area contributed by atoms with Gasteiger partial charge in [-0.3, -0.25) is 14.5 Å². The minimum Gasteiger partial charge on any atom is -0.325 e. The first-order chi connectivity index (χ1) is 13.8. The van der Waals surface area contributed by atoms with E-state index in [1.54, 1.807) is 6.92 Å². The van der Waals surface area contributed by atoms with Crippen molar-refractivity contribution >= 4 is 23.5 Å². The van der Waals surface area contributed by atoms with Crippen LogP contribution < -0.4 is 10.6 Å². The van der Waals surface area contributed by atoms with Crippen molar-refractivity contribution in [2.75, 3.05) is 11.9 Å². The van der Waals surface area contributed by atoms with Crippen LogP contribution in [0, 0.1) is 0 Å². The van der Waals surface area contributed by atoms with Crippen molar-refractivity contribution in [2.24, 2.45) is 0 Å². The summed E-state index contributed by atoms with van der Waals surface area (Å²) in [7, 11) is 0. The Morgan fingerprint density at radius 2 is 1.72 bits per heavy atom. The molecule has 0 aliphatic carbocycles. The minimum absolute atomic E-state index is 0.308. The Morgan fingerprint density at radius 3 is 2.34 bits per heavy atom. The number of hydrogen-bond acceptors (Lipinski definition) is 3. The molecule has 1 heterocycles. The standard InChI is InChI=1S/C23H27N3O3/c1-16(2)18-9-11-19(12-10-18)24-20(27)15-26-21(28)23(3,25-22(26)29)14-13-17-7-5-4-6-8-17/h4-12,16H,13-15H2,1-3H3,(H,24,27)(H,25,29)/t23-/m0/s1. The fraction of sp³-hybridized carbons (Fsp3) is 0.348. The van der Waals surface area contributed by atoms with E-state index in [1.165, 1.54) is 5.56 Å². The van der Waals surface area contributed by atoms with Crippen LogP contribution in [0.1, 0.15) is 44.2 Å². The van der Waals surface area contributed by atoms with Gasteiger partial charge in [-0.25, -0.2) is 4.79 Å². The van der Waals surface area contributed by atoms with Crippen LogP contribution in [0.25, 0.3) is 0 Å². The van der Waals surface area contributed by atoms with E-state index in [2.05, 4.69) is 24.5 Å². The summed E-state index contributed by atoms with van der Waals surface area (Å²) in [5.41, 5.74) is 1.90. The number of anilines is 1. The Morgan fingerprint density at radius 1 is 1.07 bits per heavy atom. The number of nitrogens with one attached hydrogen (secondary N) is 2. The molecule has 0 spiro atoms. The number of benzene rings is 2. The van der Waals surface area contributed by atoms with E-state index in [-0.39, 0.29) is 12.5 Å². The second-order valence-electron chi connectivity index (χ2n) is 7.96. The molecule has 0 saturated carbocycles. The molecule has 29 heavy (non-hydrogen) atoms. The van der Waals surface area contributed by atoms with Crippen molar-refractivity contribution in [3.05, 3.63) is 65.7 Å². The first-order valence-corrected chi connectivity index (χ1v) is 9.86. The number of hydrogen-bond donors (Lipinski definition) is 2. The summed E-state index contributed by atoms with van der Waals surface area (Å²) in [6.07, 6.45) is 1.13. The Bertz CT molecular complexity index is 893. The van der Waals surface area contributed by atoms with Gasteiger partial charge in [0.2, 0.25) is 5.91 Å². The van der Waals surface area contributed by atoms with Crippen LogP contribution in [-0.4, -0.2) is 34.8 Å². The molecule has 0 radical (unpaired) electrons. The highest BCUT2D eigenvalue weighted by molar-refractivity contribution is 6.09. The molecule has 2 aromatic rings. The Balaban J connectivity index is 1.59. The van der Waals surface area contributed by atoms with Crippen LogP contribution in [0.4, 0.5) is 10.5 Å². The number of nitrogens with zero attached hydrogens (tertiary/aromatic N) is 1. The van der Waals surface area contributed by atoms with Crippen molar-refractivity contribution in [1.82, 2.24) is 10.2 Å². The van der Waals surface area contributed by atoms with Crippen LogP contribution in [0.5, 0.6) is 0 Å². The van der Waals surface area contributed by atoms with E-state index < -0.39 is 17.5 Å². The van der Waals surface area contributed by atoms with Crippen LogP contribution in [-0.2, 0) is 16.0 Å². The molecular weight excluding hydrogens is 366 g/mol. The third-order valence-electron chi connectivity index (χ3n) is 5.26. The summed E-state index contributed by atoms with van der Waals surface area (Å²) >= 11 is 0. The molecule has 152 valence electrons. The molecule has 0 unspecified atom stereocenters. The lowest BCUT2D eigenvalue weighted by Crippen LogP contribution is -2.45. The lowest BCUT2D eigenvalue weighted by molar-refractivity contribution is -0.133. The first-order valence-electron chi connectivity index (χ1n) is 9.86. The molecular formula is C23H27N3O3. The molecule has 1 saturated heterocycles. The molecule has 1 fully saturated rings. The number of carbonyl (C=O) groups excluding carboxylic acids is 3. The van der Waals surface area contributed by atoms with Gasteiger partial charge in [-0.1, -0.05) is 56.3 Å². The lowest BCUT2D eigenvalue weighted by atomic mass is 9.93. The maximum absolute atomic E-state index is 12.8. The predicted octanol–water partition coefficient (Wildman–Crippen LogP) is 3.69. The summed E-state index contributed by atoms with van der Waals surface area (Å²) in [5, 5.41) is 5.50. The molecule has 6 nitrogen and oxygen atoms in total. The Labute approximate surface area is 171 Å². The molecule has 0 aromatic heterocycles. The van der Waals surface area contributed by atoms with Crippen molar-refractivity contribution in [1.29, 1.82) is 0 Å². The van der Waals surface area contributed by atoms with E-state index in [9.17, 15) is 14.4 Å². The molecule has 6 heteroatoms. The zero-order valence-electron chi connectivity index (χ0n) is 17.1. The SMILES string of the molecule is CC(C)c1ccc(NC(=O)CN2C(=O)N[C@@](C)(CCc3ccccc3)C2=O)cc1. The molecule has 1 aliphatic heterocycles. The smallest absolute Gasteiger partial charge is 0.325 e. The fourth-order valence-electron chi connectivity index (χ4n) is 3.39. The van der Waals surface area contributed by atoms with Gasteiger partial charge in [0.05, 0.1) is 0 Å². The molecule has 2 aromatic carbocycles. The fourth-order valence-corrected chi connectivity index (χ4v) is 3.39. The summed E-state index contributed by atoms with van der Waals surface area (Å²) in [4.78, 5) is 38.5. The van der Waals surface area contributed by atoms with Crippen LogP contribution in [0.2, 0.25) is 0 Å². The summed E-state index contributed by atoms with van der Waals surface area (Å²) in [6.45, 7) is 5.59. The van der Waals surface area contributed by atoms with Crippen molar-refractivity contribution in [2.45, 2.75) is 45.1 Å². The van der Waals surface area contributed by atoms with Gasteiger partial charge in [0.25, 0.3) is 5.91 Å². The van der Waals surface area contributed by atoms with E-state index in [1.807, 2.05) is 54.6 Å². The highest BCUT2D eigenvalue weighted by Gasteiger charge is 2.47. The van der Waals surface area contributed by atoms with Crippen LogP contribution >= 0.6 is 0 Å². The van der Waals surface area contributed by atoms with Gasteiger partial charge < -0.3 is 10.6 Å². The maximum atomic E-state index is 12.8. The maximum Gasteiger partial charge on any atom is 0.325 e. The topological polar surface area (TPSA) is 78.5 Å². The molecule has 2 N–H and O–H groups in total. The second kappa shape index (κ2) is 8.47. The van der Waals surface area contributed by atoms with E-state index in [0.717, 1.165) is 10.5 Å². The number of aryl methyl sites for hydroxylation is 1. The Kier molecular flexibility index (Phi) is 6.01. The highest BCUT2D eigenvalue weighted by atomic mass is 16.2. The zero-order chi connectivity index (χ0) is 21.0. The van der Waals surface area contributed by atoms with Gasteiger partial charge in [0, 0.05) is 5.69 Å². The monoisotopic (exact) mass is 393 g/mol. The van der Waals surface area contributed by atoms with Crippen LogP contribution in [0.15, 0.2) is 54.6 Å². The van der Waals surface area contributed by atoms with Gasteiger partial charge in [-0.05, 0) is 48.9 Å². The average Bonchev–Trinajstić information content (AvgIpc) is 2.91. The first kappa shape index (κ1) is 20.6. The van der Waals surface area contributed by atoms with E-state index in [4.69, 9.17) is 0 Å². The summed E-state index contributed by atoms with van der Waals surface area (Å²) in [6, 6.07) is 16.8. The van der Waals surface area contributed by atoms with Crippen molar-refractivity contribution < 1.29 is 14.4 Å². The normalized spacial score (nSPS) is 18.8. The zero-order valence-corrected chi connectivity index (χ0v) is 17.1. The number of rotatable bonds is 7. The predicted molar refractivity (Wildman–Crippen MR) is 113 cm³/mol. The summed E-state index contributed by atoms with van der Waals surface area (Å²) < 4.78 is 0. The minimum atomic E-state index is -1.01. The summed E-state index contributed by atoms with van der Waals surface area (Å²) in [5.74, 6) is -0.374. The largest absolute Gasteiger partial charge is 0.325 e. The lowest BCUT2D eigenvalue weighted by Gasteiger charge is -2.21. The number of imide groups is 1. The van der Waals surface area contributed by atoms with Crippen molar-refractivity contribution in [3.8, 4) is 0 Å². The Hall–Kier alpha value is -3.15. The second-order valence-corrected chi connectivity index (χ2v) is 7.96. The average molecular weight is 393 g/mol. The van der Waals surface area contributed by atoms with Gasteiger partial charge in [-0.15, -0.1) is 0 Å². The van der Waals surface area contributed by atoms with E-state index >= 15 is 0 Å². The van der Waals surface area contributed by atoms with Crippen molar-refractivity contribution in [3.63, 3.8) is 0 Å².